The molecule has 6 nitrogen and oxygen atoms in total. The molecule has 0 bridgehead atoms. The summed E-state index contributed by atoms with van der Waals surface area (Å²) < 4.78 is 3.49. The van der Waals surface area contributed by atoms with E-state index in [4.69, 9.17) is 24.9 Å². The largest absolute Gasteiger partial charge is 0.296 e. The smallest absolute Gasteiger partial charge is 0.165 e. The fraction of sp³-hybridized carbons (Fsp3) is 0.0541. The van der Waals surface area contributed by atoms with Gasteiger partial charge in [-0.15, -0.1) is 11.3 Å². The minimum Gasteiger partial charge on any atom is -0.296 e. The minimum atomic E-state index is 0.637. The van der Waals surface area contributed by atoms with Gasteiger partial charge in [0, 0.05) is 43.7 Å². The Hall–Kier alpha value is -5.53. The lowest BCUT2D eigenvalue weighted by molar-refractivity contribution is 0.884. The lowest BCUT2D eigenvalue weighted by atomic mass is 10.0. The van der Waals surface area contributed by atoms with Gasteiger partial charge >= 0.3 is 0 Å². The number of fused-ring (bicyclic) bond motifs is 6. The zero-order chi connectivity index (χ0) is 29.0. The molecular weight excluding hydrogens is 561 g/mol. The Kier molecular flexibility index (Phi) is 5.70. The third-order valence-corrected chi connectivity index (χ3v) is 9.21. The van der Waals surface area contributed by atoms with E-state index in [1.54, 1.807) is 11.3 Å². The number of hydrogen-bond donors (Lipinski definition) is 0. The summed E-state index contributed by atoms with van der Waals surface area (Å²) in [7, 11) is 0. The van der Waals surface area contributed by atoms with Crippen molar-refractivity contribution >= 4 is 49.0 Å². The second-order valence-electron chi connectivity index (χ2n) is 10.9. The van der Waals surface area contributed by atoms with Gasteiger partial charge in [0.15, 0.2) is 23.1 Å². The molecule has 4 aromatic heterocycles. The molecule has 8 aromatic rings. The number of hydrogen-bond acceptors (Lipinski definition) is 6. The van der Waals surface area contributed by atoms with Crippen LogP contribution in [0.15, 0.2) is 115 Å². The summed E-state index contributed by atoms with van der Waals surface area (Å²) in [5.41, 5.74) is 9.11. The highest BCUT2D eigenvalue weighted by atomic mass is 32.1. The molecule has 0 aliphatic heterocycles. The third-order valence-electron chi connectivity index (χ3n) is 8.16. The van der Waals surface area contributed by atoms with Gasteiger partial charge in [-0.2, -0.15) is 0 Å². The first kappa shape index (κ1) is 25.0. The van der Waals surface area contributed by atoms with E-state index in [-0.39, 0.29) is 0 Å². The van der Waals surface area contributed by atoms with Gasteiger partial charge in [0.2, 0.25) is 0 Å². The Labute approximate surface area is 257 Å². The van der Waals surface area contributed by atoms with Crippen LogP contribution in [0.3, 0.4) is 0 Å². The van der Waals surface area contributed by atoms with Gasteiger partial charge in [-0.05, 0) is 43.2 Å². The molecule has 7 heteroatoms. The monoisotopic (exact) mass is 584 g/mol. The quantitative estimate of drug-likeness (QED) is 0.207. The van der Waals surface area contributed by atoms with Crippen molar-refractivity contribution in [3.05, 3.63) is 127 Å². The van der Waals surface area contributed by atoms with E-state index in [2.05, 4.69) is 65.3 Å². The molecule has 0 saturated carbocycles. The summed E-state index contributed by atoms with van der Waals surface area (Å²) in [5.74, 6) is 1.94. The summed E-state index contributed by atoms with van der Waals surface area (Å²) in [4.78, 5) is 26.0. The lowest BCUT2D eigenvalue weighted by Crippen LogP contribution is -2.04. The average molecular weight is 585 g/mol. The minimum absolute atomic E-state index is 0.637. The normalized spacial score (nSPS) is 12.7. The van der Waals surface area contributed by atoms with Crippen LogP contribution >= 0.6 is 11.3 Å². The first-order valence-electron chi connectivity index (χ1n) is 14.7. The summed E-state index contributed by atoms with van der Waals surface area (Å²) in [5, 5.41) is 1.16. The lowest BCUT2D eigenvalue weighted by Gasteiger charge is -2.13. The molecule has 0 fully saturated rings. The molecular formula is C37H24N6S. The van der Waals surface area contributed by atoms with Crippen LogP contribution in [-0.4, -0.2) is 29.5 Å². The highest BCUT2D eigenvalue weighted by Crippen LogP contribution is 2.37. The zero-order valence-electron chi connectivity index (χ0n) is 23.6. The van der Waals surface area contributed by atoms with E-state index in [0.29, 0.717) is 17.5 Å². The Morgan fingerprint density at radius 2 is 1.18 bits per heavy atom. The molecule has 0 N–H and O–H groups in total. The van der Waals surface area contributed by atoms with E-state index >= 15 is 0 Å². The number of aromatic nitrogens is 6. The third kappa shape index (κ3) is 4.05. The van der Waals surface area contributed by atoms with Gasteiger partial charge in [0.1, 0.15) is 15.9 Å². The molecule has 0 amide bonds. The second-order valence-corrected chi connectivity index (χ2v) is 11.9. The Morgan fingerprint density at radius 1 is 0.568 bits per heavy atom. The molecule has 0 atom stereocenters. The molecule has 0 radical (unpaired) electrons. The zero-order valence-corrected chi connectivity index (χ0v) is 24.4. The van der Waals surface area contributed by atoms with Crippen molar-refractivity contribution in [2.45, 2.75) is 12.8 Å². The van der Waals surface area contributed by atoms with E-state index in [9.17, 15) is 0 Å². The summed E-state index contributed by atoms with van der Waals surface area (Å²) >= 11 is 1.70. The van der Waals surface area contributed by atoms with Crippen molar-refractivity contribution in [3.63, 3.8) is 0 Å². The maximum atomic E-state index is 5.22. The topological polar surface area (TPSA) is 69.4 Å². The molecule has 9 rings (SSSR count). The van der Waals surface area contributed by atoms with Crippen LogP contribution in [0.5, 0.6) is 0 Å². The SMILES string of the molecule is C1=Cc2c(n(-c3ccc(-c4nc(-c5ccccc5)nc(-c5ccccc5)n4)cc3)c3nc4sc5ccccc5c4nc23)CC1. The van der Waals surface area contributed by atoms with E-state index < -0.39 is 0 Å². The molecule has 0 spiro atoms. The predicted octanol–water partition coefficient (Wildman–Crippen LogP) is 8.93. The van der Waals surface area contributed by atoms with Crippen LogP contribution in [0.25, 0.3) is 77.5 Å². The van der Waals surface area contributed by atoms with Gasteiger partial charge in [-0.1, -0.05) is 91.0 Å². The number of benzene rings is 4. The Bertz CT molecular complexity index is 2310. The molecule has 4 aromatic carbocycles. The summed E-state index contributed by atoms with van der Waals surface area (Å²) in [6, 6.07) is 37.0. The standard InChI is InChI=1S/C37H24N6S/c1-3-11-23(12-4-1)33-39-34(24-13-5-2-6-14-24)41-35(40-33)25-19-21-26(22-20-25)43-29-17-9-7-15-27(29)31-36(43)42-37-32(38-31)28-16-8-10-18-30(28)44-37/h1-8,10-16,18-22H,9,17H2. The van der Waals surface area contributed by atoms with E-state index in [1.807, 2.05) is 60.7 Å². The molecule has 44 heavy (non-hydrogen) atoms. The van der Waals surface area contributed by atoms with Crippen molar-refractivity contribution in [1.82, 2.24) is 29.5 Å². The number of thiophene rings is 1. The van der Waals surface area contributed by atoms with Crippen molar-refractivity contribution in [3.8, 4) is 39.9 Å². The highest BCUT2D eigenvalue weighted by molar-refractivity contribution is 7.25. The van der Waals surface area contributed by atoms with Crippen molar-refractivity contribution in [1.29, 1.82) is 0 Å². The first-order valence-corrected chi connectivity index (χ1v) is 15.5. The molecule has 0 unspecified atom stereocenters. The van der Waals surface area contributed by atoms with Gasteiger partial charge in [0.05, 0.1) is 0 Å². The summed E-state index contributed by atoms with van der Waals surface area (Å²) in [6.07, 6.45) is 6.38. The van der Waals surface area contributed by atoms with Crippen LogP contribution in [0.2, 0.25) is 0 Å². The molecule has 4 heterocycles. The fourth-order valence-electron chi connectivity index (χ4n) is 6.05. The number of nitrogens with zero attached hydrogens (tertiary/aromatic N) is 6. The first-order chi connectivity index (χ1) is 21.8. The van der Waals surface area contributed by atoms with Crippen LogP contribution in [0, 0.1) is 0 Å². The van der Waals surface area contributed by atoms with Gasteiger partial charge in [-0.3, -0.25) is 4.57 Å². The maximum Gasteiger partial charge on any atom is 0.165 e. The molecule has 1 aliphatic carbocycles. The maximum absolute atomic E-state index is 5.22. The highest BCUT2D eigenvalue weighted by Gasteiger charge is 2.23. The van der Waals surface area contributed by atoms with Gasteiger partial charge in [-0.25, -0.2) is 24.9 Å². The predicted molar refractivity (Wildman–Crippen MR) is 179 cm³/mol. The number of rotatable bonds is 4. The van der Waals surface area contributed by atoms with Crippen LogP contribution in [0.1, 0.15) is 17.7 Å². The Morgan fingerprint density at radius 3 is 1.86 bits per heavy atom. The van der Waals surface area contributed by atoms with Crippen molar-refractivity contribution < 1.29 is 0 Å². The van der Waals surface area contributed by atoms with Gasteiger partial charge in [0.25, 0.3) is 0 Å². The van der Waals surface area contributed by atoms with E-state index in [1.165, 1.54) is 10.4 Å². The summed E-state index contributed by atoms with van der Waals surface area (Å²) in [6.45, 7) is 0. The van der Waals surface area contributed by atoms with Crippen LogP contribution in [-0.2, 0) is 6.42 Å². The van der Waals surface area contributed by atoms with E-state index in [0.717, 1.165) is 67.7 Å². The van der Waals surface area contributed by atoms with Crippen molar-refractivity contribution in [2.75, 3.05) is 0 Å². The van der Waals surface area contributed by atoms with Crippen molar-refractivity contribution in [2.24, 2.45) is 0 Å². The Balaban J connectivity index is 1.19. The fourth-order valence-corrected chi connectivity index (χ4v) is 7.07. The van der Waals surface area contributed by atoms with Crippen LogP contribution < -0.4 is 0 Å². The van der Waals surface area contributed by atoms with Crippen LogP contribution in [0.4, 0.5) is 0 Å². The molecule has 208 valence electrons. The van der Waals surface area contributed by atoms with Gasteiger partial charge < -0.3 is 0 Å². The molecule has 1 aliphatic rings. The molecule has 0 saturated heterocycles. The number of allylic oxidation sites excluding steroid dienone is 1. The second kappa shape index (κ2) is 10.0. The average Bonchev–Trinajstić information content (AvgIpc) is 3.62.